The minimum Gasteiger partial charge on any atom is -0.493 e. The Morgan fingerprint density at radius 2 is 1.71 bits per heavy atom. The van der Waals surface area contributed by atoms with E-state index >= 15 is 0 Å². The van der Waals surface area contributed by atoms with E-state index in [1.165, 1.54) is 0 Å². The molecule has 0 aliphatic carbocycles. The molecule has 96 valence electrons. The summed E-state index contributed by atoms with van der Waals surface area (Å²) in [5, 5.41) is 3.29. The largest absolute Gasteiger partial charge is 0.493 e. The van der Waals surface area contributed by atoms with E-state index in [-0.39, 0.29) is 0 Å². The van der Waals surface area contributed by atoms with Gasteiger partial charge < -0.3 is 14.8 Å². The zero-order chi connectivity index (χ0) is 12.5. The van der Waals surface area contributed by atoms with Crippen LogP contribution in [0.15, 0.2) is 18.2 Å². The third-order valence-electron chi connectivity index (χ3n) is 2.25. The molecule has 0 saturated heterocycles. The number of hydrogen-bond acceptors (Lipinski definition) is 3. The van der Waals surface area contributed by atoms with Crippen molar-refractivity contribution in [2.24, 2.45) is 0 Å². The minimum atomic E-state index is 0.732. The van der Waals surface area contributed by atoms with Crippen molar-refractivity contribution in [1.82, 2.24) is 0 Å². The average molecular weight is 237 g/mol. The third kappa shape index (κ3) is 4.55. The molecule has 0 spiro atoms. The predicted molar refractivity (Wildman–Crippen MR) is 72.2 cm³/mol. The molecule has 3 nitrogen and oxygen atoms in total. The van der Waals surface area contributed by atoms with Crippen molar-refractivity contribution in [2.75, 3.05) is 25.1 Å². The quantitative estimate of drug-likeness (QED) is 0.748. The van der Waals surface area contributed by atoms with E-state index in [9.17, 15) is 0 Å². The Kier molecular flexibility index (Phi) is 6.30. The molecule has 0 atom stereocenters. The second-order valence-corrected chi connectivity index (χ2v) is 3.89. The van der Waals surface area contributed by atoms with Crippen LogP contribution in [-0.2, 0) is 0 Å². The highest BCUT2D eigenvalue weighted by Crippen LogP contribution is 2.29. The number of rotatable bonds is 8. The maximum absolute atomic E-state index is 5.72. The van der Waals surface area contributed by atoms with Crippen molar-refractivity contribution in [3.63, 3.8) is 0 Å². The molecule has 1 rings (SSSR count). The first kappa shape index (κ1) is 13.7. The van der Waals surface area contributed by atoms with Crippen LogP contribution in [0.25, 0.3) is 0 Å². The summed E-state index contributed by atoms with van der Waals surface area (Å²) >= 11 is 0. The molecule has 0 heterocycles. The average Bonchev–Trinajstić information content (AvgIpc) is 2.36. The zero-order valence-electron chi connectivity index (χ0n) is 11.1. The van der Waals surface area contributed by atoms with Gasteiger partial charge in [-0.1, -0.05) is 13.8 Å². The van der Waals surface area contributed by atoms with Crippen molar-refractivity contribution >= 4 is 5.69 Å². The first-order valence-corrected chi connectivity index (χ1v) is 6.45. The van der Waals surface area contributed by atoms with Crippen LogP contribution >= 0.6 is 0 Å². The van der Waals surface area contributed by atoms with Gasteiger partial charge in [0.05, 0.1) is 18.9 Å². The topological polar surface area (TPSA) is 30.5 Å². The number of nitrogens with one attached hydrogen (secondary N) is 1. The zero-order valence-corrected chi connectivity index (χ0v) is 11.1. The molecule has 0 saturated carbocycles. The fraction of sp³-hybridized carbons (Fsp3) is 0.571. The number of ether oxygens (including phenoxy) is 2. The molecule has 0 unspecified atom stereocenters. The predicted octanol–water partition coefficient (Wildman–Crippen LogP) is 3.70. The molecule has 0 radical (unpaired) electrons. The van der Waals surface area contributed by atoms with Crippen LogP contribution < -0.4 is 14.8 Å². The van der Waals surface area contributed by atoms with E-state index in [0.717, 1.165) is 49.8 Å². The van der Waals surface area contributed by atoms with Crippen molar-refractivity contribution in [1.29, 1.82) is 0 Å². The van der Waals surface area contributed by atoms with E-state index < -0.39 is 0 Å². The monoisotopic (exact) mass is 237 g/mol. The standard InChI is InChI=1S/C14H23NO2/c1-4-9-16-12-7-8-13(15-6-3)14(11-12)17-10-5-2/h7-8,11,15H,4-6,9-10H2,1-3H3. The Hall–Kier alpha value is -1.38. The smallest absolute Gasteiger partial charge is 0.146 e. The van der Waals surface area contributed by atoms with Gasteiger partial charge in [-0.15, -0.1) is 0 Å². The van der Waals surface area contributed by atoms with Gasteiger partial charge in [0.25, 0.3) is 0 Å². The summed E-state index contributed by atoms with van der Waals surface area (Å²) in [5.41, 5.74) is 1.03. The van der Waals surface area contributed by atoms with E-state index in [1.807, 2.05) is 18.2 Å². The Morgan fingerprint density at radius 3 is 2.35 bits per heavy atom. The second kappa shape index (κ2) is 7.82. The van der Waals surface area contributed by atoms with Crippen LogP contribution in [0, 0.1) is 0 Å². The number of hydrogen-bond donors (Lipinski definition) is 1. The van der Waals surface area contributed by atoms with Gasteiger partial charge in [0, 0.05) is 12.6 Å². The fourth-order valence-electron chi connectivity index (χ4n) is 1.48. The highest BCUT2D eigenvalue weighted by molar-refractivity contribution is 5.59. The summed E-state index contributed by atoms with van der Waals surface area (Å²) in [7, 11) is 0. The van der Waals surface area contributed by atoms with Crippen molar-refractivity contribution < 1.29 is 9.47 Å². The summed E-state index contributed by atoms with van der Waals surface area (Å²) in [6, 6.07) is 5.95. The fourth-order valence-corrected chi connectivity index (χ4v) is 1.48. The van der Waals surface area contributed by atoms with E-state index in [2.05, 4.69) is 26.1 Å². The lowest BCUT2D eigenvalue weighted by Crippen LogP contribution is -2.03. The van der Waals surface area contributed by atoms with Gasteiger partial charge >= 0.3 is 0 Å². The number of anilines is 1. The molecule has 0 aromatic heterocycles. The lowest BCUT2D eigenvalue weighted by molar-refractivity contribution is 0.302. The van der Waals surface area contributed by atoms with Crippen molar-refractivity contribution in [3.8, 4) is 11.5 Å². The first-order chi connectivity index (χ1) is 8.31. The summed E-state index contributed by atoms with van der Waals surface area (Å²) in [5.74, 6) is 1.75. The second-order valence-electron chi connectivity index (χ2n) is 3.89. The molecule has 0 aliphatic heterocycles. The summed E-state index contributed by atoms with van der Waals surface area (Å²) in [4.78, 5) is 0. The SMILES string of the molecule is CCCOc1ccc(NCC)c(OCCC)c1. The number of benzene rings is 1. The van der Waals surface area contributed by atoms with Crippen LogP contribution in [0.4, 0.5) is 5.69 Å². The van der Waals surface area contributed by atoms with Gasteiger partial charge in [-0.3, -0.25) is 0 Å². The maximum Gasteiger partial charge on any atom is 0.146 e. The van der Waals surface area contributed by atoms with Crippen LogP contribution in [0.5, 0.6) is 11.5 Å². The van der Waals surface area contributed by atoms with Gasteiger partial charge in [0.2, 0.25) is 0 Å². The van der Waals surface area contributed by atoms with E-state index in [1.54, 1.807) is 0 Å². The van der Waals surface area contributed by atoms with Gasteiger partial charge in [-0.25, -0.2) is 0 Å². The van der Waals surface area contributed by atoms with Gasteiger partial charge in [0.1, 0.15) is 11.5 Å². The molecule has 0 aliphatic rings. The molecule has 0 fully saturated rings. The van der Waals surface area contributed by atoms with Crippen LogP contribution in [0.1, 0.15) is 33.6 Å². The highest BCUT2D eigenvalue weighted by Gasteiger charge is 2.05. The highest BCUT2D eigenvalue weighted by atomic mass is 16.5. The summed E-state index contributed by atoms with van der Waals surface area (Å²) in [6.45, 7) is 8.64. The Balaban J connectivity index is 2.76. The molecule has 1 N–H and O–H groups in total. The van der Waals surface area contributed by atoms with E-state index in [4.69, 9.17) is 9.47 Å². The third-order valence-corrected chi connectivity index (χ3v) is 2.25. The molecule has 0 bridgehead atoms. The Morgan fingerprint density at radius 1 is 1.00 bits per heavy atom. The summed E-state index contributed by atoms with van der Waals surface area (Å²) < 4.78 is 11.3. The first-order valence-electron chi connectivity index (χ1n) is 6.45. The van der Waals surface area contributed by atoms with Crippen LogP contribution in [0.2, 0.25) is 0 Å². The van der Waals surface area contributed by atoms with Crippen LogP contribution in [-0.4, -0.2) is 19.8 Å². The van der Waals surface area contributed by atoms with Gasteiger partial charge in [-0.05, 0) is 31.9 Å². The van der Waals surface area contributed by atoms with Crippen molar-refractivity contribution in [3.05, 3.63) is 18.2 Å². The molecule has 1 aromatic carbocycles. The maximum atomic E-state index is 5.72. The lowest BCUT2D eigenvalue weighted by atomic mass is 10.2. The molecule has 3 heteroatoms. The van der Waals surface area contributed by atoms with Crippen molar-refractivity contribution in [2.45, 2.75) is 33.6 Å². The molecular formula is C14H23NO2. The van der Waals surface area contributed by atoms with Gasteiger partial charge in [-0.2, -0.15) is 0 Å². The minimum absolute atomic E-state index is 0.732. The van der Waals surface area contributed by atoms with Gasteiger partial charge in [0.15, 0.2) is 0 Å². The Bertz CT molecular complexity index is 326. The molecule has 0 amide bonds. The van der Waals surface area contributed by atoms with E-state index in [0.29, 0.717) is 0 Å². The van der Waals surface area contributed by atoms with Crippen LogP contribution in [0.3, 0.4) is 0 Å². The molecular weight excluding hydrogens is 214 g/mol. The molecule has 17 heavy (non-hydrogen) atoms. The molecule has 1 aromatic rings. The summed E-state index contributed by atoms with van der Waals surface area (Å²) in [6.07, 6.45) is 2.02. The normalized spacial score (nSPS) is 10.1. The Labute approximate surface area is 104 Å². The lowest BCUT2D eigenvalue weighted by Gasteiger charge is -2.14.